The van der Waals surface area contributed by atoms with Gasteiger partial charge in [0.1, 0.15) is 5.03 Å². The number of hydrogen-bond donors (Lipinski definition) is 1. The van der Waals surface area contributed by atoms with Crippen molar-refractivity contribution < 1.29 is 19.4 Å². The van der Waals surface area contributed by atoms with Crippen molar-refractivity contribution in [3.63, 3.8) is 0 Å². The Balaban J connectivity index is 1.78. The van der Waals surface area contributed by atoms with E-state index in [0.717, 1.165) is 17.1 Å². The van der Waals surface area contributed by atoms with E-state index in [9.17, 15) is 4.79 Å². The molecular weight excluding hydrogens is 292 g/mol. The fraction of sp³-hybridized carbons (Fsp3) is 0.214. The summed E-state index contributed by atoms with van der Waals surface area (Å²) in [5.74, 6) is 0.367. The van der Waals surface area contributed by atoms with Gasteiger partial charge < -0.3 is 14.6 Å². The zero-order valence-corrected chi connectivity index (χ0v) is 11.8. The van der Waals surface area contributed by atoms with Crippen LogP contribution >= 0.6 is 11.8 Å². The number of fused-ring (bicyclic) bond motifs is 1. The molecule has 2 heterocycles. The summed E-state index contributed by atoms with van der Waals surface area (Å²) in [6.45, 7) is 1.29. The predicted octanol–water partition coefficient (Wildman–Crippen LogP) is 2.49. The Hall–Kier alpha value is -2.28. The van der Waals surface area contributed by atoms with Gasteiger partial charge in [-0.2, -0.15) is 0 Å². The largest absolute Gasteiger partial charge is 0.490 e. The Morgan fingerprint density at radius 2 is 1.90 bits per heavy atom. The molecule has 0 radical (unpaired) electrons. The number of benzene rings is 1. The molecule has 1 aromatic carbocycles. The Bertz CT molecular complexity index is 661. The molecule has 108 valence electrons. The Morgan fingerprint density at radius 3 is 2.62 bits per heavy atom. The van der Waals surface area contributed by atoms with Gasteiger partial charge in [-0.15, -0.1) is 10.2 Å². The first-order valence-corrected chi connectivity index (χ1v) is 7.18. The third-order valence-corrected chi connectivity index (χ3v) is 3.72. The SMILES string of the molecule is O=C(O)c1ccc(Sc2ccc3c(c2)OCCCO3)nn1. The first-order chi connectivity index (χ1) is 10.2. The number of aromatic carboxylic acids is 1. The van der Waals surface area contributed by atoms with Gasteiger partial charge in [-0.3, -0.25) is 0 Å². The van der Waals surface area contributed by atoms with E-state index < -0.39 is 5.97 Å². The van der Waals surface area contributed by atoms with Crippen LogP contribution in [0.2, 0.25) is 0 Å². The van der Waals surface area contributed by atoms with Crippen LogP contribution in [0.5, 0.6) is 11.5 Å². The van der Waals surface area contributed by atoms with E-state index in [1.165, 1.54) is 17.8 Å². The first-order valence-electron chi connectivity index (χ1n) is 6.37. The van der Waals surface area contributed by atoms with Crippen LogP contribution in [0.25, 0.3) is 0 Å². The standard InChI is InChI=1S/C14H12N2O4S/c17-14(18)10-3-5-13(16-15-10)21-9-2-4-11-12(8-9)20-7-1-6-19-11/h2-5,8H,1,6-7H2,(H,17,18). The molecule has 3 rings (SSSR count). The second kappa shape index (κ2) is 6.01. The number of carbonyl (C=O) groups is 1. The molecule has 0 fully saturated rings. The monoisotopic (exact) mass is 304 g/mol. The number of carboxylic acid groups (broad SMARTS) is 1. The van der Waals surface area contributed by atoms with Crippen LogP contribution < -0.4 is 9.47 Å². The van der Waals surface area contributed by atoms with Crippen molar-refractivity contribution in [2.24, 2.45) is 0 Å². The van der Waals surface area contributed by atoms with Gasteiger partial charge in [0.05, 0.1) is 13.2 Å². The number of nitrogens with zero attached hydrogens (tertiary/aromatic N) is 2. The number of ether oxygens (including phenoxy) is 2. The van der Waals surface area contributed by atoms with Gasteiger partial charge in [-0.05, 0) is 30.3 Å². The number of aromatic nitrogens is 2. The summed E-state index contributed by atoms with van der Waals surface area (Å²) in [5.41, 5.74) is -0.0713. The van der Waals surface area contributed by atoms with Crippen molar-refractivity contribution in [3.8, 4) is 11.5 Å². The fourth-order valence-electron chi connectivity index (χ4n) is 1.82. The van der Waals surface area contributed by atoms with E-state index >= 15 is 0 Å². The second-order valence-electron chi connectivity index (χ2n) is 4.32. The molecule has 6 nitrogen and oxygen atoms in total. The predicted molar refractivity (Wildman–Crippen MR) is 75.2 cm³/mol. The van der Waals surface area contributed by atoms with Crippen molar-refractivity contribution in [2.45, 2.75) is 16.3 Å². The summed E-state index contributed by atoms with van der Waals surface area (Å²) in [6.07, 6.45) is 0.860. The van der Waals surface area contributed by atoms with E-state index in [2.05, 4.69) is 10.2 Å². The molecular formula is C14H12N2O4S. The third kappa shape index (κ3) is 3.25. The lowest BCUT2D eigenvalue weighted by molar-refractivity contribution is 0.0689. The van der Waals surface area contributed by atoms with Crippen molar-refractivity contribution in [1.29, 1.82) is 0 Å². The minimum absolute atomic E-state index is 0.0713. The van der Waals surface area contributed by atoms with E-state index in [0.29, 0.717) is 24.0 Å². The maximum atomic E-state index is 10.7. The molecule has 1 N–H and O–H groups in total. The Morgan fingerprint density at radius 1 is 1.10 bits per heavy atom. The summed E-state index contributed by atoms with van der Waals surface area (Å²) < 4.78 is 11.2. The average molecular weight is 304 g/mol. The number of carboxylic acids is 1. The minimum atomic E-state index is -1.09. The van der Waals surface area contributed by atoms with Crippen LogP contribution in [-0.4, -0.2) is 34.5 Å². The molecule has 1 aliphatic rings. The smallest absolute Gasteiger partial charge is 0.356 e. The van der Waals surface area contributed by atoms with Crippen molar-refractivity contribution >= 4 is 17.7 Å². The van der Waals surface area contributed by atoms with Gasteiger partial charge in [-0.1, -0.05) is 11.8 Å². The molecule has 1 aliphatic heterocycles. The summed E-state index contributed by atoms with van der Waals surface area (Å²) >= 11 is 1.39. The van der Waals surface area contributed by atoms with Gasteiger partial charge in [0, 0.05) is 11.3 Å². The lowest BCUT2D eigenvalue weighted by Gasteiger charge is -2.08. The Labute approximate surface area is 125 Å². The molecule has 2 aromatic rings. The van der Waals surface area contributed by atoms with Crippen LogP contribution in [-0.2, 0) is 0 Å². The summed E-state index contributed by atoms with van der Waals surface area (Å²) in [7, 11) is 0. The number of rotatable bonds is 3. The molecule has 0 saturated heterocycles. The van der Waals surface area contributed by atoms with E-state index in [-0.39, 0.29) is 5.69 Å². The second-order valence-corrected chi connectivity index (χ2v) is 5.42. The molecule has 7 heteroatoms. The highest BCUT2D eigenvalue weighted by atomic mass is 32.2. The summed E-state index contributed by atoms with van der Waals surface area (Å²) in [6, 6.07) is 8.72. The molecule has 21 heavy (non-hydrogen) atoms. The van der Waals surface area contributed by atoms with Gasteiger partial charge >= 0.3 is 5.97 Å². The highest BCUT2D eigenvalue weighted by Crippen LogP contribution is 2.35. The zero-order valence-electron chi connectivity index (χ0n) is 11.0. The van der Waals surface area contributed by atoms with Crippen LogP contribution in [0.15, 0.2) is 40.3 Å². The maximum absolute atomic E-state index is 10.7. The molecule has 0 unspecified atom stereocenters. The topological polar surface area (TPSA) is 81.5 Å². The van der Waals surface area contributed by atoms with Gasteiger partial charge in [0.25, 0.3) is 0 Å². The van der Waals surface area contributed by atoms with E-state index in [4.69, 9.17) is 14.6 Å². The van der Waals surface area contributed by atoms with Crippen molar-refractivity contribution in [3.05, 3.63) is 36.0 Å². The molecule has 0 aliphatic carbocycles. The highest BCUT2D eigenvalue weighted by molar-refractivity contribution is 7.99. The maximum Gasteiger partial charge on any atom is 0.356 e. The molecule has 0 atom stereocenters. The van der Waals surface area contributed by atoms with Gasteiger partial charge in [0.15, 0.2) is 17.2 Å². The quantitative estimate of drug-likeness (QED) is 0.932. The van der Waals surface area contributed by atoms with Crippen LogP contribution in [0.1, 0.15) is 16.9 Å². The van der Waals surface area contributed by atoms with E-state index in [1.807, 2.05) is 18.2 Å². The van der Waals surface area contributed by atoms with Gasteiger partial charge in [0.2, 0.25) is 0 Å². The summed E-state index contributed by atoms with van der Waals surface area (Å²) in [4.78, 5) is 11.7. The summed E-state index contributed by atoms with van der Waals surface area (Å²) in [5, 5.41) is 16.9. The average Bonchev–Trinajstić information content (AvgIpc) is 2.72. The zero-order chi connectivity index (χ0) is 14.7. The molecule has 1 aromatic heterocycles. The lowest BCUT2D eigenvalue weighted by Crippen LogP contribution is -2.01. The van der Waals surface area contributed by atoms with Crippen LogP contribution in [0, 0.1) is 0 Å². The molecule has 0 spiro atoms. The third-order valence-electron chi connectivity index (χ3n) is 2.80. The highest BCUT2D eigenvalue weighted by Gasteiger charge is 2.12. The number of hydrogen-bond acceptors (Lipinski definition) is 6. The first kappa shape index (κ1) is 13.7. The van der Waals surface area contributed by atoms with Crippen molar-refractivity contribution in [2.75, 3.05) is 13.2 Å². The molecule has 0 saturated carbocycles. The Kier molecular flexibility index (Phi) is 3.92. The van der Waals surface area contributed by atoms with Crippen molar-refractivity contribution in [1.82, 2.24) is 10.2 Å². The van der Waals surface area contributed by atoms with E-state index in [1.54, 1.807) is 6.07 Å². The van der Waals surface area contributed by atoms with Crippen LogP contribution in [0.4, 0.5) is 0 Å². The minimum Gasteiger partial charge on any atom is -0.490 e. The lowest BCUT2D eigenvalue weighted by atomic mass is 10.3. The molecule has 0 bridgehead atoms. The molecule has 0 amide bonds. The van der Waals surface area contributed by atoms with Gasteiger partial charge in [-0.25, -0.2) is 4.79 Å². The normalized spacial score (nSPS) is 13.5. The van der Waals surface area contributed by atoms with Crippen LogP contribution in [0.3, 0.4) is 0 Å². The fourth-order valence-corrected chi connectivity index (χ4v) is 2.58.